The zero-order valence-corrected chi connectivity index (χ0v) is 8.27. The summed E-state index contributed by atoms with van der Waals surface area (Å²) >= 11 is 0. The van der Waals surface area contributed by atoms with Gasteiger partial charge in [-0.2, -0.15) is 0 Å². The molecule has 68 valence electrons. The Morgan fingerprint density at radius 2 is 1.82 bits per heavy atom. The van der Waals surface area contributed by atoms with Crippen molar-refractivity contribution < 1.29 is 4.84 Å². The molecule has 0 aliphatic carbocycles. The smallest absolute Gasteiger partial charge is 0.0812 e. The molecule has 0 aromatic rings. The van der Waals surface area contributed by atoms with Gasteiger partial charge >= 0.3 is 0 Å². The molecular weight excluding hydrogens is 140 g/mol. The van der Waals surface area contributed by atoms with E-state index < -0.39 is 0 Å². The van der Waals surface area contributed by atoms with Crippen LogP contribution in [0.15, 0.2) is 0 Å². The Morgan fingerprint density at radius 1 is 1.27 bits per heavy atom. The fourth-order valence-corrected chi connectivity index (χ4v) is 0.537. The molecular formula is C8H20N2O. The van der Waals surface area contributed by atoms with Crippen molar-refractivity contribution in [3.63, 3.8) is 0 Å². The largest absolute Gasteiger partial charge is 0.308 e. The third-order valence-electron chi connectivity index (χ3n) is 1.04. The molecule has 0 saturated carbocycles. The second-order valence-corrected chi connectivity index (χ2v) is 3.91. The van der Waals surface area contributed by atoms with E-state index in [9.17, 15) is 0 Å². The summed E-state index contributed by atoms with van der Waals surface area (Å²) in [6.07, 6.45) is 0. The van der Waals surface area contributed by atoms with Crippen LogP contribution in [0.1, 0.15) is 20.8 Å². The molecule has 1 N–H and O–H groups in total. The van der Waals surface area contributed by atoms with Gasteiger partial charge in [0.05, 0.1) is 5.60 Å². The molecule has 11 heavy (non-hydrogen) atoms. The molecule has 0 aromatic heterocycles. The Morgan fingerprint density at radius 3 is 2.18 bits per heavy atom. The van der Waals surface area contributed by atoms with Gasteiger partial charge in [-0.3, -0.25) is 4.84 Å². The first-order chi connectivity index (χ1) is 4.92. The van der Waals surface area contributed by atoms with Gasteiger partial charge in [-0.05, 0) is 34.9 Å². The van der Waals surface area contributed by atoms with E-state index in [1.54, 1.807) is 0 Å². The number of hydrogen-bond donors (Lipinski definition) is 1. The van der Waals surface area contributed by atoms with Crippen LogP contribution in [0.3, 0.4) is 0 Å². The summed E-state index contributed by atoms with van der Waals surface area (Å²) < 4.78 is 0. The quantitative estimate of drug-likeness (QED) is 0.488. The molecule has 0 aliphatic rings. The second kappa shape index (κ2) is 4.70. The van der Waals surface area contributed by atoms with E-state index in [0.717, 1.165) is 13.1 Å². The highest BCUT2D eigenvalue weighted by molar-refractivity contribution is 4.56. The van der Waals surface area contributed by atoms with Crippen molar-refractivity contribution in [2.45, 2.75) is 26.4 Å². The molecule has 0 unspecified atom stereocenters. The van der Waals surface area contributed by atoms with Gasteiger partial charge in [-0.25, -0.2) is 5.48 Å². The Hall–Kier alpha value is -0.120. The zero-order chi connectivity index (χ0) is 8.91. The topological polar surface area (TPSA) is 24.5 Å². The van der Waals surface area contributed by atoms with Crippen LogP contribution in [0.4, 0.5) is 0 Å². The molecule has 0 rings (SSSR count). The minimum Gasteiger partial charge on any atom is -0.308 e. The monoisotopic (exact) mass is 160 g/mol. The first kappa shape index (κ1) is 10.9. The highest BCUT2D eigenvalue weighted by atomic mass is 16.7. The van der Waals surface area contributed by atoms with Gasteiger partial charge in [0, 0.05) is 13.1 Å². The average molecular weight is 160 g/mol. The van der Waals surface area contributed by atoms with Crippen LogP contribution in [0.25, 0.3) is 0 Å². The molecule has 3 nitrogen and oxygen atoms in total. The maximum absolute atomic E-state index is 5.30. The van der Waals surface area contributed by atoms with Gasteiger partial charge in [-0.1, -0.05) is 0 Å². The second-order valence-electron chi connectivity index (χ2n) is 3.91. The standard InChI is InChI=1S/C8H20N2O/c1-8(2,3)11-9-6-7-10(4)5/h9H,6-7H2,1-5H3. The first-order valence-corrected chi connectivity index (χ1v) is 3.97. The lowest BCUT2D eigenvalue weighted by Crippen LogP contribution is -2.33. The normalized spacial score (nSPS) is 12.5. The van der Waals surface area contributed by atoms with E-state index in [0.29, 0.717) is 0 Å². The fraction of sp³-hybridized carbons (Fsp3) is 1.00. The van der Waals surface area contributed by atoms with Gasteiger partial charge in [0.25, 0.3) is 0 Å². The van der Waals surface area contributed by atoms with Crippen molar-refractivity contribution in [2.24, 2.45) is 0 Å². The van der Waals surface area contributed by atoms with Crippen LogP contribution in [-0.2, 0) is 4.84 Å². The first-order valence-electron chi connectivity index (χ1n) is 3.97. The molecule has 0 amide bonds. The lowest BCUT2D eigenvalue weighted by atomic mass is 10.2. The lowest BCUT2D eigenvalue weighted by Gasteiger charge is -2.20. The highest BCUT2D eigenvalue weighted by Gasteiger charge is 2.09. The Kier molecular flexibility index (Phi) is 4.65. The lowest BCUT2D eigenvalue weighted by molar-refractivity contribution is -0.0733. The predicted octanol–water partition coefficient (Wildman–Crippen LogP) is 0.868. The molecule has 0 heterocycles. The van der Waals surface area contributed by atoms with Gasteiger partial charge in [-0.15, -0.1) is 0 Å². The molecule has 0 spiro atoms. The molecule has 3 heteroatoms. The maximum Gasteiger partial charge on any atom is 0.0812 e. The maximum atomic E-state index is 5.30. The zero-order valence-electron chi connectivity index (χ0n) is 8.27. The van der Waals surface area contributed by atoms with Gasteiger partial charge in [0.2, 0.25) is 0 Å². The summed E-state index contributed by atoms with van der Waals surface area (Å²) in [6, 6.07) is 0. The molecule has 0 aromatic carbocycles. The fourth-order valence-electron chi connectivity index (χ4n) is 0.537. The van der Waals surface area contributed by atoms with Crippen LogP contribution in [0, 0.1) is 0 Å². The summed E-state index contributed by atoms with van der Waals surface area (Å²) in [5.41, 5.74) is 2.82. The molecule has 0 radical (unpaired) electrons. The van der Waals surface area contributed by atoms with E-state index in [2.05, 4.69) is 10.4 Å². The Bertz CT molecular complexity index is 96.8. The number of likely N-dealkylation sites (N-methyl/N-ethyl adjacent to an activating group) is 1. The average Bonchev–Trinajstić information content (AvgIpc) is 1.78. The van der Waals surface area contributed by atoms with E-state index in [1.807, 2.05) is 34.9 Å². The van der Waals surface area contributed by atoms with E-state index >= 15 is 0 Å². The van der Waals surface area contributed by atoms with E-state index in [1.165, 1.54) is 0 Å². The molecule has 0 saturated heterocycles. The number of hydroxylamine groups is 1. The Labute approximate surface area is 69.7 Å². The van der Waals surface area contributed by atoms with Crippen LogP contribution in [-0.4, -0.2) is 37.7 Å². The molecule has 0 bridgehead atoms. The minimum atomic E-state index is -0.0910. The third kappa shape index (κ3) is 9.88. The Balaban J connectivity index is 3.15. The van der Waals surface area contributed by atoms with Gasteiger partial charge in [0.15, 0.2) is 0 Å². The van der Waals surface area contributed by atoms with Crippen LogP contribution in [0.2, 0.25) is 0 Å². The van der Waals surface area contributed by atoms with Crippen LogP contribution < -0.4 is 5.48 Å². The SMILES string of the molecule is CN(C)CCNOC(C)(C)C. The molecule has 0 atom stereocenters. The van der Waals surface area contributed by atoms with Crippen molar-refractivity contribution in [3.8, 4) is 0 Å². The minimum absolute atomic E-state index is 0.0910. The molecule has 0 aliphatic heterocycles. The van der Waals surface area contributed by atoms with Crippen LogP contribution >= 0.6 is 0 Å². The third-order valence-corrected chi connectivity index (χ3v) is 1.04. The summed E-state index contributed by atoms with van der Waals surface area (Å²) in [5, 5.41) is 0. The molecule has 0 fully saturated rings. The van der Waals surface area contributed by atoms with Gasteiger partial charge < -0.3 is 4.90 Å². The van der Waals surface area contributed by atoms with Crippen molar-refractivity contribution >= 4 is 0 Å². The summed E-state index contributed by atoms with van der Waals surface area (Å²) in [7, 11) is 4.08. The van der Waals surface area contributed by atoms with Gasteiger partial charge in [0.1, 0.15) is 0 Å². The number of nitrogens with one attached hydrogen (secondary N) is 1. The summed E-state index contributed by atoms with van der Waals surface area (Å²) in [4.78, 5) is 7.41. The van der Waals surface area contributed by atoms with E-state index in [4.69, 9.17) is 4.84 Å². The number of hydrogen-bond acceptors (Lipinski definition) is 3. The summed E-state index contributed by atoms with van der Waals surface area (Å²) in [6.45, 7) is 7.93. The van der Waals surface area contributed by atoms with E-state index in [-0.39, 0.29) is 5.60 Å². The van der Waals surface area contributed by atoms with Crippen molar-refractivity contribution in [1.29, 1.82) is 0 Å². The number of rotatable bonds is 4. The highest BCUT2D eigenvalue weighted by Crippen LogP contribution is 2.02. The number of nitrogens with zero attached hydrogens (tertiary/aromatic N) is 1. The van der Waals surface area contributed by atoms with Crippen molar-refractivity contribution in [1.82, 2.24) is 10.4 Å². The van der Waals surface area contributed by atoms with Crippen LogP contribution in [0.5, 0.6) is 0 Å². The van der Waals surface area contributed by atoms with Crippen molar-refractivity contribution in [3.05, 3.63) is 0 Å². The van der Waals surface area contributed by atoms with Crippen molar-refractivity contribution in [2.75, 3.05) is 27.2 Å². The summed E-state index contributed by atoms with van der Waals surface area (Å²) in [5.74, 6) is 0. The predicted molar refractivity (Wildman–Crippen MR) is 47.4 cm³/mol.